The fourth-order valence-corrected chi connectivity index (χ4v) is 1.86. The van der Waals surface area contributed by atoms with Gasteiger partial charge in [0.2, 0.25) is 0 Å². The summed E-state index contributed by atoms with van der Waals surface area (Å²) in [5.41, 5.74) is 4.09. The number of nitrogens with one attached hydrogen (secondary N) is 1. The van der Waals surface area contributed by atoms with Crippen LogP contribution in [0.15, 0.2) is 72.4 Å². The van der Waals surface area contributed by atoms with Crippen LogP contribution in [0.3, 0.4) is 0 Å². The van der Waals surface area contributed by atoms with Crippen molar-refractivity contribution in [3.05, 3.63) is 78.4 Å². The number of nitrogens with zero attached hydrogens (tertiary/aromatic N) is 1. The van der Waals surface area contributed by atoms with E-state index >= 15 is 0 Å². The smallest absolute Gasteiger partial charge is 0.275 e. The van der Waals surface area contributed by atoms with Crippen LogP contribution in [0.4, 0.5) is 0 Å². The van der Waals surface area contributed by atoms with Crippen LogP contribution in [0.5, 0.6) is 5.75 Å². The van der Waals surface area contributed by atoms with Crippen molar-refractivity contribution in [3.63, 3.8) is 0 Å². The fourth-order valence-electron chi connectivity index (χ4n) is 1.86. The monoisotopic (exact) mass is 294 g/mol. The predicted octanol–water partition coefficient (Wildman–Crippen LogP) is 3.21. The molecular weight excluding hydrogens is 276 g/mol. The highest BCUT2D eigenvalue weighted by atomic mass is 16.5. The second-order valence-corrected chi connectivity index (χ2v) is 4.54. The first-order chi connectivity index (χ1) is 10.8. The number of para-hydroxylation sites is 1. The summed E-state index contributed by atoms with van der Waals surface area (Å²) in [6.45, 7) is 3.94. The lowest BCUT2D eigenvalue weighted by Gasteiger charge is -2.08. The lowest BCUT2D eigenvalue weighted by Crippen LogP contribution is -2.18. The van der Waals surface area contributed by atoms with E-state index < -0.39 is 0 Å². The Kier molecular flexibility index (Phi) is 5.93. The number of hydrogen-bond donors (Lipinski definition) is 1. The summed E-state index contributed by atoms with van der Waals surface area (Å²) in [7, 11) is 0. The molecule has 0 spiro atoms. The average Bonchev–Trinajstić information content (AvgIpc) is 2.58. The van der Waals surface area contributed by atoms with Gasteiger partial charge in [-0.1, -0.05) is 55.1 Å². The fraction of sp³-hybridized carbons (Fsp3) is 0.111. The first-order valence-electron chi connectivity index (χ1n) is 7.00. The molecule has 2 aromatic rings. The highest BCUT2D eigenvalue weighted by Gasteiger charge is 2.10. The van der Waals surface area contributed by atoms with Crippen molar-refractivity contribution in [3.8, 4) is 5.75 Å². The Balaban J connectivity index is 1.93. The number of hydrazone groups is 1. The molecule has 0 saturated carbocycles. The zero-order chi connectivity index (χ0) is 15.6. The van der Waals surface area contributed by atoms with Gasteiger partial charge in [-0.05, 0) is 17.7 Å². The summed E-state index contributed by atoms with van der Waals surface area (Å²) >= 11 is 0. The number of carbonyl (C=O) groups excluding carboxylic acids is 1. The molecule has 2 aromatic carbocycles. The van der Waals surface area contributed by atoms with Gasteiger partial charge in [-0.15, -0.1) is 0 Å². The van der Waals surface area contributed by atoms with Crippen LogP contribution in [0, 0.1) is 0 Å². The Morgan fingerprint density at radius 3 is 2.64 bits per heavy atom. The van der Waals surface area contributed by atoms with E-state index in [1.165, 1.54) is 0 Å². The minimum atomic E-state index is -0.302. The lowest BCUT2D eigenvalue weighted by molar-refractivity contribution is 0.0951. The first-order valence-corrected chi connectivity index (χ1v) is 7.00. The molecule has 0 atom stereocenters. The van der Waals surface area contributed by atoms with Crippen molar-refractivity contribution in [1.29, 1.82) is 0 Å². The standard InChI is InChI=1S/C18H18N2O2/c1-2-14-22-17-11-7-6-10-16(17)18(21)20-19-13-12-15-8-4-3-5-9-15/h2-11,13H,1,12,14H2,(H,20,21). The molecule has 22 heavy (non-hydrogen) atoms. The quantitative estimate of drug-likeness (QED) is 0.484. The van der Waals surface area contributed by atoms with E-state index in [0.717, 1.165) is 5.56 Å². The van der Waals surface area contributed by atoms with E-state index in [0.29, 0.717) is 24.3 Å². The SMILES string of the molecule is C=CCOc1ccccc1C(=O)NN=CCc1ccccc1. The van der Waals surface area contributed by atoms with Crippen LogP contribution in [0.25, 0.3) is 0 Å². The molecule has 0 unspecified atom stereocenters. The van der Waals surface area contributed by atoms with Gasteiger partial charge in [-0.25, -0.2) is 5.43 Å². The third-order valence-electron chi connectivity index (χ3n) is 2.92. The Hall–Kier alpha value is -2.88. The van der Waals surface area contributed by atoms with Gasteiger partial charge in [-0.2, -0.15) is 5.10 Å². The van der Waals surface area contributed by atoms with Gasteiger partial charge in [0.05, 0.1) is 5.56 Å². The van der Waals surface area contributed by atoms with Gasteiger partial charge in [0.15, 0.2) is 0 Å². The zero-order valence-electron chi connectivity index (χ0n) is 12.2. The average molecular weight is 294 g/mol. The van der Waals surface area contributed by atoms with Crippen molar-refractivity contribution in [2.24, 2.45) is 5.10 Å². The van der Waals surface area contributed by atoms with Crippen LogP contribution in [0.1, 0.15) is 15.9 Å². The first kappa shape index (κ1) is 15.5. The molecule has 0 radical (unpaired) electrons. The van der Waals surface area contributed by atoms with Crippen molar-refractivity contribution in [1.82, 2.24) is 5.43 Å². The number of carbonyl (C=O) groups is 1. The third-order valence-corrected chi connectivity index (χ3v) is 2.92. The van der Waals surface area contributed by atoms with E-state index in [1.807, 2.05) is 36.4 Å². The Bertz CT molecular complexity index is 651. The lowest BCUT2D eigenvalue weighted by atomic mass is 10.2. The zero-order valence-corrected chi connectivity index (χ0v) is 12.2. The van der Waals surface area contributed by atoms with Gasteiger partial charge < -0.3 is 4.74 Å². The minimum absolute atomic E-state index is 0.302. The Morgan fingerprint density at radius 2 is 1.86 bits per heavy atom. The van der Waals surface area contributed by atoms with Crippen molar-refractivity contribution >= 4 is 12.1 Å². The molecule has 4 nitrogen and oxygen atoms in total. The maximum absolute atomic E-state index is 12.1. The van der Waals surface area contributed by atoms with E-state index in [1.54, 1.807) is 30.5 Å². The topological polar surface area (TPSA) is 50.7 Å². The Morgan fingerprint density at radius 1 is 1.14 bits per heavy atom. The molecule has 0 aliphatic heterocycles. The van der Waals surface area contributed by atoms with Crippen LogP contribution < -0.4 is 10.2 Å². The van der Waals surface area contributed by atoms with Gasteiger partial charge in [0.1, 0.15) is 12.4 Å². The van der Waals surface area contributed by atoms with E-state index in [4.69, 9.17) is 4.74 Å². The van der Waals surface area contributed by atoms with E-state index in [2.05, 4.69) is 17.1 Å². The van der Waals surface area contributed by atoms with Gasteiger partial charge in [0.25, 0.3) is 5.91 Å². The molecule has 0 bridgehead atoms. The number of amides is 1. The summed E-state index contributed by atoms with van der Waals surface area (Å²) in [4.78, 5) is 12.1. The van der Waals surface area contributed by atoms with Crippen molar-refractivity contribution in [2.45, 2.75) is 6.42 Å². The van der Waals surface area contributed by atoms with Crippen LogP contribution >= 0.6 is 0 Å². The summed E-state index contributed by atoms with van der Waals surface area (Å²) in [6.07, 6.45) is 3.96. The second kappa shape index (κ2) is 8.42. The molecule has 112 valence electrons. The minimum Gasteiger partial charge on any atom is -0.489 e. The van der Waals surface area contributed by atoms with Crippen molar-refractivity contribution < 1.29 is 9.53 Å². The number of benzene rings is 2. The van der Waals surface area contributed by atoms with Crippen LogP contribution in [-0.4, -0.2) is 18.7 Å². The number of rotatable bonds is 7. The number of hydrogen-bond acceptors (Lipinski definition) is 3. The highest BCUT2D eigenvalue weighted by Crippen LogP contribution is 2.17. The largest absolute Gasteiger partial charge is 0.489 e. The van der Waals surface area contributed by atoms with Gasteiger partial charge in [-0.3, -0.25) is 4.79 Å². The predicted molar refractivity (Wildman–Crippen MR) is 88.2 cm³/mol. The molecule has 0 saturated heterocycles. The summed E-state index contributed by atoms with van der Waals surface area (Å²) in [5, 5.41) is 3.96. The summed E-state index contributed by atoms with van der Waals surface area (Å²) < 4.78 is 5.45. The van der Waals surface area contributed by atoms with Crippen LogP contribution in [-0.2, 0) is 6.42 Å². The van der Waals surface area contributed by atoms with Crippen LogP contribution in [0.2, 0.25) is 0 Å². The molecule has 1 amide bonds. The van der Waals surface area contributed by atoms with E-state index in [9.17, 15) is 4.79 Å². The molecular formula is C18H18N2O2. The van der Waals surface area contributed by atoms with Crippen molar-refractivity contribution in [2.75, 3.05) is 6.61 Å². The molecule has 0 aliphatic carbocycles. The van der Waals surface area contributed by atoms with Gasteiger partial charge >= 0.3 is 0 Å². The summed E-state index contributed by atoms with van der Waals surface area (Å²) in [6, 6.07) is 16.9. The molecule has 0 heterocycles. The molecule has 0 fully saturated rings. The van der Waals surface area contributed by atoms with E-state index in [-0.39, 0.29) is 5.91 Å². The highest BCUT2D eigenvalue weighted by molar-refractivity contribution is 5.97. The molecule has 0 aliphatic rings. The number of ether oxygens (including phenoxy) is 1. The maximum Gasteiger partial charge on any atom is 0.275 e. The summed E-state index contributed by atoms with van der Waals surface area (Å²) in [5.74, 6) is 0.210. The Labute approximate surface area is 130 Å². The second-order valence-electron chi connectivity index (χ2n) is 4.54. The van der Waals surface area contributed by atoms with Gasteiger partial charge in [0, 0.05) is 12.6 Å². The maximum atomic E-state index is 12.1. The third kappa shape index (κ3) is 4.59. The molecule has 1 N–H and O–H groups in total. The molecule has 2 rings (SSSR count). The normalized spacial score (nSPS) is 10.4. The molecule has 0 aromatic heterocycles. The molecule has 4 heteroatoms.